The van der Waals surface area contributed by atoms with Crippen LogP contribution in [-0.4, -0.2) is 17.9 Å². The van der Waals surface area contributed by atoms with Crippen LogP contribution in [0.3, 0.4) is 0 Å². The van der Waals surface area contributed by atoms with Gasteiger partial charge in [-0.15, -0.1) is 0 Å². The van der Waals surface area contributed by atoms with Gasteiger partial charge in [-0.05, 0) is 19.4 Å². The highest BCUT2D eigenvalue weighted by atomic mass is 16.1. The summed E-state index contributed by atoms with van der Waals surface area (Å²) in [5.74, 6) is -0.0158. The number of allylic oxidation sites excluding steroid dienone is 1. The van der Waals surface area contributed by atoms with Crippen molar-refractivity contribution in [3.05, 3.63) is 12.7 Å². The number of aliphatic imine (C=N–C) groups is 1. The Balaban J connectivity index is 3.61. The third-order valence-corrected chi connectivity index (χ3v) is 1.31. The third-order valence-electron chi connectivity index (χ3n) is 1.31. The summed E-state index contributed by atoms with van der Waals surface area (Å²) in [4.78, 5) is 23.8. The van der Waals surface area contributed by atoms with Crippen LogP contribution in [0, 0.1) is 0 Å². The minimum atomic E-state index is -0.114. The molecule has 60 valence electrons. The van der Waals surface area contributed by atoms with E-state index in [1.54, 1.807) is 6.92 Å². The molecule has 0 saturated heterocycles. The molecule has 0 aliphatic heterocycles. The quantitative estimate of drug-likeness (QED) is 0.339. The number of carbonyl (C=O) groups is 1. The number of nitrogens with zero attached hydrogens (tertiary/aromatic N) is 1. The van der Waals surface area contributed by atoms with Crippen LogP contribution in [0.5, 0.6) is 0 Å². The van der Waals surface area contributed by atoms with Crippen LogP contribution < -0.4 is 0 Å². The van der Waals surface area contributed by atoms with E-state index in [4.69, 9.17) is 0 Å². The lowest BCUT2D eigenvalue weighted by molar-refractivity contribution is -0.114. The molecule has 0 aromatic carbocycles. The fourth-order valence-electron chi connectivity index (χ4n) is 0.608. The van der Waals surface area contributed by atoms with Crippen LogP contribution in [-0.2, 0) is 9.59 Å². The predicted molar refractivity (Wildman–Crippen MR) is 42.0 cm³/mol. The first-order valence-electron chi connectivity index (χ1n) is 3.43. The number of isocyanates is 1. The first-order chi connectivity index (χ1) is 5.20. The zero-order valence-electron chi connectivity index (χ0n) is 6.54. The molecule has 0 spiro atoms. The Morgan fingerprint density at radius 3 is 2.91 bits per heavy atom. The van der Waals surface area contributed by atoms with E-state index in [0.717, 1.165) is 0 Å². The van der Waals surface area contributed by atoms with Gasteiger partial charge < -0.3 is 0 Å². The fourth-order valence-corrected chi connectivity index (χ4v) is 0.608. The standard InChI is InChI=1S/C8H11NO2/c1-3-8(11)5-4-7(2)9-6-10/h3,7H,1,4-5H2,2H3. The van der Waals surface area contributed by atoms with Crippen LogP contribution in [0.1, 0.15) is 19.8 Å². The Bertz CT molecular complexity index is 192. The van der Waals surface area contributed by atoms with E-state index in [1.807, 2.05) is 0 Å². The van der Waals surface area contributed by atoms with Gasteiger partial charge in [0, 0.05) is 6.42 Å². The molecule has 0 rings (SSSR count). The molecule has 0 amide bonds. The highest BCUT2D eigenvalue weighted by Crippen LogP contribution is 2.00. The molecular weight excluding hydrogens is 142 g/mol. The van der Waals surface area contributed by atoms with Gasteiger partial charge in [-0.1, -0.05) is 6.58 Å². The van der Waals surface area contributed by atoms with Crippen LogP contribution in [0.15, 0.2) is 17.6 Å². The SMILES string of the molecule is C=CC(=O)CCC(C)N=C=O. The van der Waals surface area contributed by atoms with Gasteiger partial charge in [0.25, 0.3) is 0 Å². The largest absolute Gasteiger partial charge is 0.295 e. The van der Waals surface area contributed by atoms with Crippen LogP contribution in [0.25, 0.3) is 0 Å². The second kappa shape index (κ2) is 5.57. The van der Waals surface area contributed by atoms with E-state index in [1.165, 1.54) is 12.2 Å². The van der Waals surface area contributed by atoms with Gasteiger partial charge in [0.1, 0.15) is 0 Å². The van der Waals surface area contributed by atoms with Gasteiger partial charge in [-0.2, -0.15) is 0 Å². The monoisotopic (exact) mass is 153 g/mol. The van der Waals surface area contributed by atoms with E-state index in [9.17, 15) is 9.59 Å². The fraction of sp³-hybridized carbons (Fsp3) is 0.500. The summed E-state index contributed by atoms with van der Waals surface area (Å²) in [5, 5.41) is 0. The molecule has 0 N–H and O–H groups in total. The van der Waals surface area contributed by atoms with E-state index >= 15 is 0 Å². The molecule has 0 aromatic heterocycles. The molecule has 3 nitrogen and oxygen atoms in total. The van der Waals surface area contributed by atoms with Crippen molar-refractivity contribution >= 4 is 11.9 Å². The maximum atomic E-state index is 10.7. The molecule has 0 aromatic rings. The maximum Gasteiger partial charge on any atom is 0.235 e. The van der Waals surface area contributed by atoms with Crippen molar-refractivity contribution in [1.82, 2.24) is 0 Å². The lowest BCUT2D eigenvalue weighted by atomic mass is 10.1. The van der Waals surface area contributed by atoms with Crippen LogP contribution >= 0.6 is 0 Å². The molecule has 0 bridgehead atoms. The van der Waals surface area contributed by atoms with Crippen LogP contribution in [0.2, 0.25) is 0 Å². The Morgan fingerprint density at radius 1 is 1.82 bits per heavy atom. The normalized spacial score (nSPS) is 11.4. The number of ketones is 1. The highest BCUT2D eigenvalue weighted by molar-refractivity contribution is 5.88. The summed E-state index contributed by atoms with van der Waals surface area (Å²) in [6.07, 6.45) is 3.70. The van der Waals surface area contributed by atoms with Gasteiger partial charge >= 0.3 is 0 Å². The summed E-state index contributed by atoms with van der Waals surface area (Å²) >= 11 is 0. The van der Waals surface area contributed by atoms with Crippen molar-refractivity contribution < 1.29 is 9.59 Å². The van der Waals surface area contributed by atoms with Crippen molar-refractivity contribution in [3.63, 3.8) is 0 Å². The maximum absolute atomic E-state index is 10.7. The van der Waals surface area contributed by atoms with Crippen molar-refractivity contribution in [2.45, 2.75) is 25.8 Å². The van der Waals surface area contributed by atoms with E-state index < -0.39 is 0 Å². The molecule has 1 unspecified atom stereocenters. The van der Waals surface area contributed by atoms with Gasteiger partial charge in [0.05, 0.1) is 6.04 Å². The number of hydrogen-bond donors (Lipinski definition) is 0. The summed E-state index contributed by atoms with van der Waals surface area (Å²) in [6.45, 7) is 5.09. The molecule has 3 heteroatoms. The average Bonchev–Trinajstić information content (AvgIpc) is 2.01. The van der Waals surface area contributed by atoms with Gasteiger partial charge in [0.2, 0.25) is 6.08 Å². The molecule has 1 atom stereocenters. The molecule has 0 heterocycles. The molecular formula is C8H11NO2. The number of hydrogen-bond acceptors (Lipinski definition) is 3. The zero-order chi connectivity index (χ0) is 8.69. The van der Waals surface area contributed by atoms with Gasteiger partial charge in [0.15, 0.2) is 5.78 Å². The summed E-state index contributed by atoms with van der Waals surface area (Å²) in [7, 11) is 0. The number of carbonyl (C=O) groups excluding carboxylic acids is 2. The lowest BCUT2D eigenvalue weighted by Gasteiger charge is -1.99. The predicted octanol–water partition coefficient (Wildman–Crippen LogP) is 1.25. The lowest BCUT2D eigenvalue weighted by Crippen LogP contribution is -2.01. The Kier molecular flexibility index (Phi) is 4.95. The topological polar surface area (TPSA) is 46.5 Å². The zero-order valence-corrected chi connectivity index (χ0v) is 6.54. The minimum absolute atomic E-state index is 0.0158. The van der Waals surface area contributed by atoms with Crippen molar-refractivity contribution in [2.24, 2.45) is 4.99 Å². The van der Waals surface area contributed by atoms with Gasteiger partial charge in [-0.25, -0.2) is 9.79 Å². The summed E-state index contributed by atoms with van der Waals surface area (Å²) in [6, 6.07) is -0.114. The average molecular weight is 153 g/mol. The summed E-state index contributed by atoms with van der Waals surface area (Å²) in [5.41, 5.74) is 0. The van der Waals surface area contributed by atoms with Crippen molar-refractivity contribution in [1.29, 1.82) is 0 Å². The van der Waals surface area contributed by atoms with Crippen LogP contribution in [0.4, 0.5) is 0 Å². The highest BCUT2D eigenvalue weighted by Gasteiger charge is 2.01. The molecule has 0 aliphatic rings. The number of rotatable bonds is 5. The first-order valence-corrected chi connectivity index (χ1v) is 3.43. The summed E-state index contributed by atoms with van der Waals surface area (Å²) < 4.78 is 0. The van der Waals surface area contributed by atoms with Crippen molar-refractivity contribution in [2.75, 3.05) is 0 Å². The third kappa shape index (κ3) is 5.25. The van der Waals surface area contributed by atoms with E-state index in [-0.39, 0.29) is 11.8 Å². The first kappa shape index (κ1) is 9.79. The molecule has 11 heavy (non-hydrogen) atoms. The molecule has 0 saturated carbocycles. The Morgan fingerprint density at radius 2 is 2.45 bits per heavy atom. The Hall–Kier alpha value is -1.21. The molecule has 0 fully saturated rings. The van der Waals surface area contributed by atoms with Gasteiger partial charge in [-0.3, -0.25) is 4.79 Å². The minimum Gasteiger partial charge on any atom is -0.295 e. The molecule has 0 aliphatic carbocycles. The van der Waals surface area contributed by atoms with E-state index in [0.29, 0.717) is 12.8 Å². The second-order valence-electron chi connectivity index (χ2n) is 2.28. The Labute approximate surface area is 65.8 Å². The molecule has 0 radical (unpaired) electrons. The smallest absolute Gasteiger partial charge is 0.235 e. The van der Waals surface area contributed by atoms with Crippen molar-refractivity contribution in [3.8, 4) is 0 Å². The van der Waals surface area contributed by atoms with E-state index in [2.05, 4.69) is 11.6 Å². The second-order valence-corrected chi connectivity index (χ2v) is 2.28.